The van der Waals surface area contributed by atoms with Crippen molar-refractivity contribution in [2.75, 3.05) is 18.5 Å². The highest BCUT2D eigenvalue weighted by molar-refractivity contribution is 7.89. The molecule has 14 heteroatoms. The van der Waals surface area contributed by atoms with E-state index in [0.29, 0.717) is 0 Å². The molecule has 2 rings (SSSR count). The number of halogens is 1. The zero-order chi connectivity index (χ0) is 23.3. The molecule has 0 aliphatic heterocycles. The summed E-state index contributed by atoms with van der Waals surface area (Å²) in [7, 11) is -4.08. The van der Waals surface area contributed by atoms with Crippen molar-refractivity contribution in [3.8, 4) is 5.75 Å². The molecule has 0 heterocycles. The van der Waals surface area contributed by atoms with E-state index in [1.165, 1.54) is 12.1 Å². The summed E-state index contributed by atoms with van der Waals surface area (Å²) in [5, 5.41) is 35.9. The minimum atomic E-state index is -4.08. The molecule has 2 aromatic carbocycles. The lowest BCUT2D eigenvalue weighted by atomic mass is 10.2. The smallest absolute Gasteiger partial charge is 0.312 e. The molecule has 0 spiro atoms. The molecule has 0 unspecified atom stereocenters. The van der Waals surface area contributed by atoms with Gasteiger partial charge in [-0.25, -0.2) is 8.42 Å². The van der Waals surface area contributed by atoms with E-state index < -0.39 is 37.0 Å². The van der Waals surface area contributed by atoms with E-state index in [0.717, 1.165) is 28.7 Å². The number of phenolic OH excluding ortho intramolecular Hbond substituents is 1. The Morgan fingerprint density at radius 3 is 2.35 bits per heavy atom. The third-order valence-electron chi connectivity index (χ3n) is 4.17. The number of rotatable bonds is 9. The van der Waals surface area contributed by atoms with Gasteiger partial charge in [-0.3, -0.25) is 25.7 Å². The van der Waals surface area contributed by atoms with E-state index in [1.807, 2.05) is 0 Å². The fourth-order valence-electron chi connectivity index (χ4n) is 2.65. The van der Waals surface area contributed by atoms with Crippen molar-refractivity contribution in [2.24, 2.45) is 5.10 Å². The van der Waals surface area contributed by atoms with Gasteiger partial charge in [0.2, 0.25) is 15.8 Å². The van der Waals surface area contributed by atoms with Crippen LogP contribution in [0.1, 0.15) is 19.4 Å². The molecule has 166 valence electrons. The van der Waals surface area contributed by atoms with Gasteiger partial charge in [-0.15, -0.1) is 0 Å². The van der Waals surface area contributed by atoms with Gasteiger partial charge in [-0.05, 0) is 12.1 Å². The number of hydrazone groups is 1. The maximum Gasteiger partial charge on any atom is 0.312 e. The van der Waals surface area contributed by atoms with E-state index in [1.54, 1.807) is 13.8 Å². The quantitative estimate of drug-likeness (QED) is 0.318. The Labute approximate surface area is 182 Å². The van der Waals surface area contributed by atoms with Gasteiger partial charge in [0.25, 0.3) is 5.69 Å². The number of nitro groups is 2. The summed E-state index contributed by atoms with van der Waals surface area (Å²) >= 11 is 5.81. The molecule has 0 saturated heterocycles. The first-order valence-electron chi connectivity index (χ1n) is 8.77. The second-order valence-corrected chi connectivity index (χ2v) is 8.36. The van der Waals surface area contributed by atoms with Gasteiger partial charge in [0.1, 0.15) is 4.90 Å². The van der Waals surface area contributed by atoms with Crippen LogP contribution in [0, 0.1) is 20.2 Å². The van der Waals surface area contributed by atoms with Crippen LogP contribution in [0.2, 0.25) is 5.02 Å². The SMILES string of the molecule is CCN(CC)S(=O)(=O)c1cc([N+](=O)[O-])ccc1N/N=C\c1cc(Cl)cc([N+](=O)[O-])c1O. The van der Waals surface area contributed by atoms with Crippen molar-refractivity contribution >= 4 is 44.9 Å². The molecule has 0 saturated carbocycles. The highest BCUT2D eigenvalue weighted by Crippen LogP contribution is 2.33. The topological polar surface area (TPSA) is 168 Å². The van der Waals surface area contributed by atoms with E-state index in [9.17, 15) is 33.8 Å². The van der Waals surface area contributed by atoms with E-state index >= 15 is 0 Å². The molecule has 0 aliphatic rings. The minimum Gasteiger partial charge on any atom is -0.502 e. The molecular weight excluding hydrogens is 454 g/mol. The lowest BCUT2D eigenvalue weighted by Crippen LogP contribution is -2.31. The first-order chi connectivity index (χ1) is 14.5. The van der Waals surface area contributed by atoms with Crippen LogP contribution in [-0.2, 0) is 10.0 Å². The molecule has 2 N–H and O–H groups in total. The molecular formula is C17H18ClN5O7S. The lowest BCUT2D eigenvalue weighted by Gasteiger charge is -2.20. The Kier molecular flexibility index (Phi) is 7.49. The van der Waals surface area contributed by atoms with Crippen LogP contribution in [0.15, 0.2) is 40.3 Å². The summed E-state index contributed by atoms with van der Waals surface area (Å²) in [5.74, 6) is -0.681. The Morgan fingerprint density at radius 1 is 1.16 bits per heavy atom. The Balaban J connectivity index is 2.49. The van der Waals surface area contributed by atoms with Crippen molar-refractivity contribution in [3.05, 3.63) is 61.1 Å². The van der Waals surface area contributed by atoms with Gasteiger partial charge in [0.05, 0.1) is 21.7 Å². The van der Waals surface area contributed by atoms with Crippen molar-refractivity contribution in [3.63, 3.8) is 0 Å². The van der Waals surface area contributed by atoms with Crippen molar-refractivity contribution in [1.29, 1.82) is 0 Å². The molecule has 0 amide bonds. The largest absolute Gasteiger partial charge is 0.502 e. The monoisotopic (exact) mass is 471 g/mol. The predicted octanol–water partition coefficient (Wildman–Crippen LogP) is 3.34. The second-order valence-electron chi connectivity index (χ2n) is 6.02. The Morgan fingerprint density at radius 2 is 1.81 bits per heavy atom. The summed E-state index contributed by atoms with van der Waals surface area (Å²) in [6.07, 6.45) is 1.00. The van der Waals surface area contributed by atoms with Gasteiger partial charge >= 0.3 is 5.69 Å². The average Bonchev–Trinajstić information content (AvgIpc) is 2.70. The maximum atomic E-state index is 12.9. The minimum absolute atomic E-state index is 0.0221. The van der Waals surface area contributed by atoms with Crippen molar-refractivity contribution in [1.82, 2.24) is 4.31 Å². The number of aromatic hydroxyl groups is 1. The molecule has 0 atom stereocenters. The van der Waals surface area contributed by atoms with E-state index in [-0.39, 0.29) is 34.3 Å². The van der Waals surface area contributed by atoms with Gasteiger partial charge in [-0.2, -0.15) is 9.41 Å². The van der Waals surface area contributed by atoms with Crippen LogP contribution in [-0.4, -0.2) is 47.0 Å². The zero-order valence-corrected chi connectivity index (χ0v) is 17.9. The van der Waals surface area contributed by atoms with Crippen molar-refractivity contribution in [2.45, 2.75) is 18.7 Å². The molecule has 0 radical (unpaired) electrons. The van der Waals surface area contributed by atoms with Gasteiger partial charge in [0, 0.05) is 41.9 Å². The Hall–Kier alpha value is -3.29. The average molecular weight is 472 g/mol. The van der Waals surface area contributed by atoms with Crippen LogP contribution in [0.3, 0.4) is 0 Å². The van der Waals surface area contributed by atoms with Crippen LogP contribution in [0.5, 0.6) is 5.75 Å². The van der Waals surface area contributed by atoms with Gasteiger partial charge in [0.15, 0.2) is 0 Å². The molecule has 31 heavy (non-hydrogen) atoms. The molecule has 2 aromatic rings. The number of nitrogens with one attached hydrogen (secondary N) is 1. The van der Waals surface area contributed by atoms with Crippen LogP contribution in [0.4, 0.5) is 17.1 Å². The van der Waals surface area contributed by atoms with Crippen LogP contribution in [0.25, 0.3) is 0 Å². The van der Waals surface area contributed by atoms with Gasteiger partial charge in [-0.1, -0.05) is 25.4 Å². The first-order valence-corrected chi connectivity index (χ1v) is 10.6. The summed E-state index contributed by atoms with van der Waals surface area (Å²) in [6, 6.07) is 5.37. The van der Waals surface area contributed by atoms with Crippen LogP contribution >= 0.6 is 11.6 Å². The molecule has 0 fully saturated rings. The normalized spacial score (nSPS) is 11.7. The third kappa shape index (κ3) is 5.25. The van der Waals surface area contributed by atoms with E-state index in [2.05, 4.69) is 10.5 Å². The number of non-ortho nitro benzene ring substituents is 1. The fraction of sp³-hybridized carbons (Fsp3) is 0.235. The second kappa shape index (κ2) is 9.68. The molecule has 0 aromatic heterocycles. The number of sulfonamides is 1. The number of hydrogen-bond donors (Lipinski definition) is 2. The number of benzene rings is 2. The highest BCUT2D eigenvalue weighted by Gasteiger charge is 2.27. The summed E-state index contributed by atoms with van der Waals surface area (Å²) in [6.45, 7) is 3.53. The number of phenols is 1. The van der Waals surface area contributed by atoms with Crippen molar-refractivity contribution < 1.29 is 23.4 Å². The highest BCUT2D eigenvalue weighted by atomic mass is 35.5. The third-order valence-corrected chi connectivity index (χ3v) is 6.48. The fourth-order valence-corrected chi connectivity index (χ4v) is 4.49. The molecule has 0 bridgehead atoms. The number of hydrogen-bond acceptors (Lipinski definition) is 9. The Bertz CT molecular complexity index is 1150. The summed E-state index contributed by atoms with van der Waals surface area (Å²) in [4.78, 5) is 20.2. The lowest BCUT2D eigenvalue weighted by molar-refractivity contribution is -0.385. The number of nitro benzene ring substituents is 2. The predicted molar refractivity (Wildman–Crippen MR) is 114 cm³/mol. The first kappa shape index (κ1) is 24.0. The van der Waals surface area contributed by atoms with Crippen LogP contribution < -0.4 is 5.43 Å². The standard InChI is InChI=1S/C17H18ClN5O7S/c1-3-21(4-2)31(29,30)16-9-13(22(25)26)5-6-14(16)20-19-10-11-7-12(18)8-15(17(11)24)23(27)28/h5-10,20,24H,3-4H2,1-2H3/b19-10-. The van der Waals surface area contributed by atoms with Gasteiger partial charge < -0.3 is 5.11 Å². The summed E-state index contributed by atoms with van der Waals surface area (Å²) in [5.41, 5.74) is 1.23. The molecule has 12 nitrogen and oxygen atoms in total. The number of nitrogens with zero attached hydrogens (tertiary/aromatic N) is 4. The summed E-state index contributed by atoms with van der Waals surface area (Å²) < 4.78 is 27.0. The zero-order valence-electron chi connectivity index (χ0n) is 16.4. The maximum absolute atomic E-state index is 12.9. The molecule has 0 aliphatic carbocycles. The van der Waals surface area contributed by atoms with E-state index in [4.69, 9.17) is 11.6 Å². The number of anilines is 1.